The molecule has 0 aliphatic carbocycles. The molecule has 2 aromatic carbocycles. The average Bonchev–Trinajstić information content (AvgIpc) is 2.75. The second-order valence-electron chi connectivity index (χ2n) is 4.84. The number of para-hydroxylation sites is 1. The Morgan fingerprint density at radius 2 is 1.45 bits per heavy atom. The molecule has 1 unspecified atom stereocenters. The van der Waals surface area contributed by atoms with Crippen molar-refractivity contribution in [1.29, 1.82) is 0 Å². The van der Waals surface area contributed by atoms with Crippen molar-refractivity contribution in [2.24, 2.45) is 0 Å². The lowest BCUT2D eigenvalue weighted by Gasteiger charge is -2.09. The second-order valence-corrected chi connectivity index (χ2v) is 6.05. The summed E-state index contributed by atoms with van der Waals surface area (Å²) < 4.78 is 0. The predicted molar refractivity (Wildman–Crippen MR) is 90.6 cm³/mol. The molecule has 0 spiro atoms. The van der Waals surface area contributed by atoms with E-state index in [0.717, 1.165) is 14.7 Å². The molecule has 1 N–H and O–H groups in total. The first-order chi connectivity index (χ1) is 9.92. The molecule has 1 nitrogen and oxygen atoms in total. The molecule has 0 amide bonds. The molecule has 0 saturated carbocycles. The van der Waals surface area contributed by atoms with Crippen molar-refractivity contribution in [3.8, 4) is 0 Å². The van der Waals surface area contributed by atoms with Crippen LogP contribution in [0.3, 0.4) is 0 Å². The van der Waals surface area contributed by atoms with Crippen molar-refractivity contribution in [1.82, 2.24) is 0 Å². The predicted octanol–water partition coefficient (Wildman–Crippen LogP) is 4.76. The van der Waals surface area contributed by atoms with Gasteiger partial charge in [-0.3, -0.25) is 0 Å². The van der Waals surface area contributed by atoms with Crippen LogP contribution in [0.1, 0.15) is 5.56 Å². The SMILES string of the molecule is C1=C(Nc2ccccc2)CPCC(c2ccccc2)=C1. The first-order valence-electron chi connectivity index (χ1n) is 6.90. The Morgan fingerprint density at radius 1 is 0.750 bits per heavy atom. The lowest BCUT2D eigenvalue weighted by Crippen LogP contribution is -2.00. The molecule has 0 aromatic heterocycles. The van der Waals surface area contributed by atoms with Crippen LogP contribution in [0.15, 0.2) is 78.5 Å². The minimum atomic E-state index is 0.934. The van der Waals surface area contributed by atoms with Gasteiger partial charge in [-0.05, 0) is 35.5 Å². The summed E-state index contributed by atoms with van der Waals surface area (Å²) in [5, 5.41) is 3.52. The molecule has 1 atom stereocenters. The number of hydrogen-bond acceptors (Lipinski definition) is 1. The maximum absolute atomic E-state index is 3.52. The van der Waals surface area contributed by atoms with Gasteiger partial charge in [-0.15, -0.1) is 8.58 Å². The Kier molecular flexibility index (Phi) is 4.30. The van der Waals surface area contributed by atoms with Crippen molar-refractivity contribution in [3.63, 3.8) is 0 Å². The molecule has 0 fully saturated rings. The Hall–Kier alpha value is -1.85. The van der Waals surface area contributed by atoms with Gasteiger partial charge in [-0.1, -0.05) is 54.6 Å². The maximum atomic E-state index is 3.52. The highest BCUT2D eigenvalue weighted by molar-refractivity contribution is 7.39. The standard InChI is InChI=1S/C18H18NP/c1-3-7-15(8-4-1)16-11-12-18(14-20-13-16)19-17-9-5-2-6-10-17/h1-12,19-20H,13-14H2. The van der Waals surface area contributed by atoms with Crippen molar-refractivity contribution in [2.45, 2.75) is 0 Å². The summed E-state index contributed by atoms with van der Waals surface area (Å²) in [7, 11) is 0.934. The molecule has 0 radical (unpaired) electrons. The smallest absolute Gasteiger partial charge is 0.0381 e. The van der Waals surface area contributed by atoms with Crippen LogP contribution in [0, 0.1) is 0 Å². The Labute approximate surface area is 122 Å². The number of benzene rings is 2. The van der Waals surface area contributed by atoms with Crippen LogP contribution >= 0.6 is 8.58 Å². The van der Waals surface area contributed by atoms with Crippen LogP contribution in [0.4, 0.5) is 5.69 Å². The van der Waals surface area contributed by atoms with E-state index in [1.807, 2.05) is 6.07 Å². The van der Waals surface area contributed by atoms with Crippen LogP contribution in [0.25, 0.3) is 5.57 Å². The summed E-state index contributed by atoms with van der Waals surface area (Å²) in [6.45, 7) is 0. The highest BCUT2D eigenvalue weighted by Gasteiger charge is 2.06. The van der Waals surface area contributed by atoms with Gasteiger partial charge in [0.15, 0.2) is 0 Å². The third-order valence-corrected chi connectivity index (χ3v) is 4.60. The van der Waals surface area contributed by atoms with Crippen LogP contribution in [-0.4, -0.2) is 12.3 Å². The molecule has 3 rings (SSSR count). The quantitative estimate of drug-likeness (QED) is 0.799. The molecule has 1 aliphatic heterocycles. The zero-order valence-corrected chi connectivity index (χ0v) is 12.3. The van der Waals surface area contributed by atoms with Gasteiger partial charge in [0.2, 0.25) is 0 Å². The van der Waals surface area contributed by atoms with E-state index in [0.29, 0.717) is 0 Å². The lowest BCUT2D eigenvalue weighted by molar-refractivity contribution is 1.39. The van der Waals surface area contributed by atoms with Crippen LogP contribution in [-0.2, 0) is 0 Å². The monoisotopic (exact) mass is 279 g/mol. The summed E-state index contributed by atoms with van der Waals surface area (Å²) in [6.07, 6.45) is 6.79. The first-order valence-corrected chi connectivity index (χ1v) is 8.31. The van der Waals surface area contributed by atoms with E-state index >= 15 is 0 Å². The van der Waals surface area contributed by atoms with Crippen molar-refractivity contribution in [2.75, 3.05) is 17.6 Å². The summed E-state index contributed by atoms with van der Waals surface area (Å²) >= 11 is 0. The fourth-order valence-electron chi connectivity index (χ4n) is 2.29. The van der Waals surface area contributed by atoms with E-state index in [4.69, 9.17) is 0 Å². The Bertz CT molecular complexity index is 614. The lowest BCUT2D eigenvalue weighted by atomic mass is 10.1. The van der Waals surface area contributed by atoms with Gasteiger partial charge in [0.25, 0.3) is 0 Å². The number of hydrogen-bond donors (Lipinski definition) is 1. The van der Waals surface area contributed by atoms with Crippen LogP contribution < -0.4 is 5.32 Å². The molecule has 1 heterocycles. The van der Waals surface area contributed by atoms with Gasteiger partial charge in [-0.25, -0.2) is 0 Å². The van der Waals surface area contributed by atoms with Crippen molar-refractivity contribution < 1.29 is 0 Å². The number of allylic oxidation sites excluding steroid dienone is 4. The fourth-order valence-corrected chi connectivity index (χ4v) is 3.49. The van der Waals surface area contributed by atoms with E-state index in [1.165, 1.54) is 28.7 Å². The van der Waals surface area contributed by atoms with E-state index in [-0.39, 0.29) is 0 Å². The largest absolute Gasteiger partial charge is 0.359 e. The third kappa shape index (κ3) is 3.37. The molecule has 100 valence electrons. The molecule has 0 bridgehead atoms. The van der Waals surface area contributed by atoms with Gasteiger partial charge in [-0.2, -0.15) is 0 Å². The van der Waals surface area contributed by atoms with Crippen LogP contribution in [0.2, 0.25) is 0 Å². The maximum Gasteiger partial charge on any atom is 0.0381 e. The van der Waals surface area contributed by atoms with E-state index in [9.17, 15) is 0 Å². The highest BCUT2D eigenvalue weighted by Crippen LogP contribution is 2.28. The minimum Gasteiger partial charge on any atom is -0.359 e. The number of rotatable bonds is 3. The summed E-state index contributed by atoms with van der Waals surface area (Å²) in [6, 6.07) is 21.1. The minimum absolute atomic E-state index is 0.934. The van der Waals surface area contributed by atoms with E-state index in [1.54, 1.807) is 0 Å². The van der Waals surface area contributed by atoms with Gasteiger partial charge < -0.3 is 5.32 Å². The molecular formula is C18H18NP. The number of anilines is 1. The molecule has 2 heteroatoms. The molecule has 0 saturated heterocycles. The molecule has 2 aromatic rings. The van der Waals surface area contributed by atoms with E-state index < -0.39 is 0 Å². The van der Waals surface area contributed by atoms with Crippen LogP contribution in [0.5, 0.6) is 0 Å². The normalized spacial score (nSPS) is 16.2. The zero-order chi connectivity index (χ0) is 13.6. The summed E-state index contributed by atoms with van der Waals surface area (Å²) in [4.78, 5) is 0. The molecular weight excluding hydrogens is 261 g/mol. The van der Waals surface area contributed by atoms with Gasteiger partial charge in [0.05, 0.1) is 0 Å². The van der Waals surface area contributed by atoms with Gasteiger partial charge >= 0.3 is 0 Å². The molecule has 20 heavy (non-hydrogen) atoms. The molecule has 1 aliphatic rings. The highest BCUT2D eigenvalue weighted by atomic mass is 31.1. The fraction of sp³-hybridized carbons (Fsp3) is 0.111. The van der Waals surface area contributed by atoms with Crippen molar-refractivity contribution in [3.05, 3.63) is 84.1 Å². The first kappa shape index (κ1) is 13.1. The van der Waals surface area contributed by atoms with Gasteiger partial charge in [0, 0.05) is 17.5 Å². The number of nitrogens with one attached hydrogen (secondary N) is 1. The second kappa shape index (κ2) is 6.54. The zero-order valence-electron chi connectivity index (χ0n) is 11.3. The third-order valence-electron chi connectivity index (χ3n) is 3.34. The summed E-state index contributed by atoms with van der Waals surface area (Å²) in [5.41, 5.74) is 5.26. The summed E-state index contributed by atoms with van der Waals surface area (Å²) in [5.74, 6) is 0. The topological polar surface area (TPSA) is 12.0 Å². The van der Waals surface area contributed by atoms with Crippen molar-refractivity contribution >= 4 is 19.8 Å². The Morgan fingerprint density at radius 3 is 2.20 bits per heavy atom. The average molecular weight is 279 g/mol. The Balaban J connectivity index is 1.78. The van der Waals surface area contributed by atoms with Gasteiger partial charge in [0.1, 0.15) is 0 Å². The van der Waals surface area contributed by atoms with E-state index in [2.05, 4.69) is 72.1 Å².